The van der Waals surface area contributed by atoms with Gasteiger partial charge in [0.2, 0.25) is 0 Å². The smallest absolute Gasteiger partial charge is 0.254 e. The van der Waals surface area contributed by atoms with Crippen LogP contribution < -0.4 is 5.32 Å². The molecule has 0 aliphatic carbocycles. The third-order valence-corrected chi connectivity index (χ3v) is 5.53. The van der Waals surface area contributed by atoms with E-state index >= 15 is 0 Å². The molecule has 142 valence electrons. The maximum absolute atomic E-state index is 13.1. The van der Waals surface area contributed by atoms with Crippen LogP contribution in [0.25, 0.3) is 0 Å². The molecule has 2 heterocycles. The van der Waals surface area contributed by atoms with Crippen LogP contribution in [-0.2, 0) is 9.53 Å². The van der Waals surface area contributed by atoms with E-state index in [1.807, 2.05) is 41.0 Å². The number of carbonyl (C=O) groups excluding carboxylic acids is 2. The lowest BCUT2D eigenvalue weighted by Crippen LogP contribution is -2.56. The van der Waals surface area contributed by atoms with Crippen LogP contribution >= 0.6 is 0 Å². The van der Waals surface area contributed by atoms with Gasteiger partial charge in [-0.3, -0.25) is 9.59 Å². The van der Waals surface area contributed by atoms with Crippen molar-refractivity contribution in [3.63, 3.8) is 0 Å². The lowest BCUT2D eigenvalue weighted by Gasteiger charge is -2.38. The number of ether oxygens (including phenoxy) is 1. The van der Waals surface area contributed by atoms with Gasteiger partial charge in [0.1, 0.15) is 5.60 Å². The number of nitrogens with one attached hydrogen (secondary N) is 1. The van der Waals surface area contributed by atoms with Gasteiger partial charge in [0.05, 0.1) is 0 Å². The number of hydrogen-bond acceptors (Lipinski definition) is 4. The molecule has 0 bridgehead atoms. The van der Waals surface area contributed by atoms with Gasteiger partial charge in [-0.25, -0.2) is 0 Å². The molecule has 2 aliphatic heterocycles. The van der Waals surface area contributed by atoms with Crippen molar-refractivity contribution in [3.05, 3.63) is 35.4 Å². The number of aryl methyl sites for hydroxylation is 1. The molecule has 3 rings (SSSR count). The van der Waals surface area contributed by atoms with Crippen molar-refractivity contribution in [1.29, 1.82) is 0 Å². The highest BCUT2D eigenvalue weighted by Gasteiger charge is 2.42. The molecule has 6 heteroatoms. The van der Waals surface area contributed by atoms with Crippen LogP contribution in [0.2, 0.25) is 0 Å². The first-order valence-corrected chi connectivity index (χ1v) is 9.47. The molecule has 2 saturated heterocycles. The van der Waals surface area contributed by atoms with E-state index in [1.54, 1.807) is 7.11 Å². The van der Waals surface area contributed by atoms with Gasteiger partial charge in [0, 0.05) is 38.9 Å². The minimum atomic E-state index is -0.707. The summed E-state index contributed by atoms with van der Waals surface area (Å²) in [6.07, 6.45) is 2.19. The summed E-state index contributed by atoms with van der Waals surface area (Å²) in [6.45, 7) is 6.07. The minimum absolute atomic E-state index is 0.0475. The Morgan fingerprint density at radius 2 is 1.77 bits per heavy atom. The predicted octanol–water partition coefficient (Wildman–Crippen LogP) is 1.44. The van der Waals surface area contributed by atoms with Gasteiger partial charge in [0.25, 0.3) is 11.8 Å². The molecule has 0 unspecified atom stereocenters. The van der Waals surface area contributed by atoms with Gasteiger partial charge in [0.15, 0.2) is 0 Å². The number of rotatable bonds is 3. The zero-order valence-corrected chi connectivity index (χ0v) is 15.8. The van der Waals surface area contributed by atoms with Crippen LogP contribution in [0.15, 0.2) is 24.3 Å². The van der Waals surface area contributed by atoms with Crippen molar-refractivity contribution in [2.45, 2.75) is 31.8 Å². The summed E-state index contributed by atoms with van der Waals surface area (Å²) < 4.78 is 5.68. The van der Waals surface area contributed by atoms with Crippen LogP contribution in [0.5, 0.6) is 0 Å². The van der Waals surface area contributed by atoms with E-state index < -0.39 is 5.60 Å². The second-order valence-corrected chi connectivity index (χ2v) is 7.26. The average molecular weight is 359 g/mol. The molecule has 2 aliphatic rings. The maximum atomic E-state index is 13.1. The molecule has 0 atom stereocenters. The highest BCUT2D eigenvalue weighted by atomic mass is 16.5. The van der Waals surface area contributed by atoms with E-state index in [4.69, 9.17) is 4.74 Å². The van der Waals surface area contributed by atoms with Gasteiger partial charge < -0.3 is 19.9 Å². The van der Waals surface area contributed by atoms with Crippen LogP contribution in [0.4, 0.5) is 0 Å². The molecule has 0 spiro atoms. The van der Waals surface area contributed by atoms with Crippen molar-refractivity contribution in [3.8, 4) is 0 Å². The maximum Gasteiger partial charge on any atom is 0.254 e. The highest BCUT2D eigenvalue weighted by Crippen LogP contribution is 2.26. The van der Waals surface area contributed by atoms with Crippen LogP contribution in [0.3, 0.4) is 0 Å². The van der Waals surface area contributed by atoms with E-state index in [9.17, 15) is 9.59 Å². The Bertz CT molecular complexity index is 655. The number of carbonyl (C=O) groups is 2. The molecule has 0 aromatic heterocycles. The summed E-state index contributed by atoms with van der Waals surface area (Å²) in [6, 6.07) is 7.68. The van der Waals surface area contributed by atoms with Crippen molar-refractivity contribution < 1.29 is 14.3 Å². The number of hydrogen-bond donors (Lipinski definition) is 1. The molecular formula is C20H29N3O3. The van der Waals surface area contributed by atoms with Crippen molar-refractivity contribution in [2.24, 2.45) is 0 Å². The fourth-order valence-corrected chi connectivity index (χ4v) is 3.91. The molecule has 1 aromatic rings. The van der Waals surface area contributed by atoms with Crippen molar-refractivity contribution in [2.75, 3.05) is 46.4 Å². The first kappa shape index (κ1) is 18.9. The van der Waals surface area contributed by atoms with E-state index in [0.717, 1.165) is 30.6 Å². The number of methoxy groups -OCH3 is 1. The summed E-state index contributed by atoms with van der Waals surface area (Å²) >= 11 is 0. The Morgan fingerprint density at radius 3 is 2.46 bits per heavy atom. The van der Waals surface area contributed by atoms with Gasteiger partial charge >= 0.3 is 0 Å². The van der Waals surface area contributed by atoms with E-state index in [2.05, 4.69) is 5.32 Å². The largest absolute Gasteiger partial charge is 0.368 e. The first-order valence-electron chi connectivity index (χ1n) is 9.47. The lowest BCUT2D eigenvalue weighted by molar-refractivity contribution is -0.158. The molecule has 1 N–H and O–H groups in total. The first-order chi connectivity index (χ1) is 12.6. The number of piperidine rings is 1. The van der Waals surface area contributed by atoms with Gasteiger partial charge in [-0.15, -0.1) is 0 Å². The molecule has 2 amide bonds. The summed E-state index contributed by atoms with van der Waals surface area (Å²) in [5.74, 6) is 0.123. The van der Waals surface area contributed by atoms with Crippen LogP contribution in [-0.4, -0.2) is 73.6 Å². The molecule has 0 radical (unpaired) electrons. The Morgan fingerprint density at radius 1 is 1.08 bits per heavy atom. The highest BCUT2D eigenvalue weighted by molar-refractivity contribution is 5.94. The van der Waals surface area contributed by atoms with E-state index in [0.29, 0.717) is 39.0 Å². The van der Waals surface area contributed by atoms with Gasteiger partial charge in [-0.1, -0.05) is 17.7 Å². The van der Waals surface area contributed by atoms with Gasteiger partial charge in [-0.05, 0) is 51.4 Å². The number of amides is 2. The topological polar surface area (TPSA) is 61.9 Å². The average Bonchev–Trinajstić information content (AvgIpc) is 2.93. The Hall–Kier alpha value is -1.92. The number of benzene rings is 1. The van der Waals surface area contributed by atoms with E-state index in [1.165, 1.54) is 0 Å². The third-order valence-electron chi connectivity index (χ3n) is 5.53. The molecule has 6 nitrogen and oxygen atoms in total. The number of nitrogens with zero attached hydrogens (tertiary/aromatic N) is 2. The summed E-state index contributed by atoms with van der Waals surface area (Å²) in [5, 5.41) is 3.29. The molecular weight excluding hydrogens is 330 g/mol. The summed E-state index contributed by atoms with van der Waals surface area (Å²) in [5.41, 5.74) is 1.09. The fraction of sp³-hybridized carbons (Fsp3) is 0.600. The van der Waals surface area contributed by atoms with Crippen molar-refractivity contribution in [1.82, 2.24) is 15.1 Å². The quantitative estimate of drug-likeness (QED) is 0.887. The second kappa shape index (κ2) is 8.18. The van der Waals surface area contributed by atoms with E-state index in [-0.39, 0.29) is 11.8 Å². The monoisotopic (exact) mass is 359 g/mol. The van der Waals surface area contributed by atoms with Gasteiger partial charge in [-0.2, -0.15) is 0 Å². The SMILES string of the molecule is COC1(C(=O)N2CCCN(C(=O)c3cccc(C)c3)CC2)CCNCC1. The Labute approximate surface area is 155 Å². The third kappa shape index (κ3) is 3.91. The van der Waals surface area contributed by atoms with Crippen LogP contribution in [0, 0.1) is 6.92 Å². The Balaban J connectivity index is 1.66. The molecule has 0 saturated carbocycles. The zero-order valence-electron chi connectivity index (χ0n) is 15.8. The molecule has 1 aromatic carbocycles. The second-order valence-electron chi connectivity index (χ2n) is 7.26. The lowest BCUT2D eigenvalue weighted by atomic mass is 9.90. The van der Waals surface area contributed by atoms with Crippen molar-refractivity contribution >= 4 is 11.8 Å². The summed E-state index contributed by atoms with van der Waals surface area (Å²) in [4.78, 5) is 29.7. The molecule has 26 heavy (non-hydrogen) atoms. The fourth-order valence-electron chi connectivity index (χ4n) is 3.91. The standard InChI is InChI=1S/C20H29N3O3/c1-16-5-3-6-17(15-16)18(24)22-11-4-12-23(14-13-22)19(25)20(26-2)7-9-21-10-8-20/h3,5-6,15,21H,4,7-14H2,1-2H3. The predicted molar refractivity (Wildman–Crippen MR) is 100 cm³/mol. The van der Waals surface area contributed by atoms with Crippen LogP contribution in [0.1, 0.15) is 35.2 Å². The minimum Gasteiger partial charge on any atom is -0.368 e. The Kier molecular flexibility index (Phi) is 5.94. The molecule has 2 fully saturated rings. The zero-order chi connectivity index (χ0) is 18.6. The normalized spacial score (nSPS) is 20.5. The summed E-state index contributed by atoms with van der Waals surface area (Å²) in [7, 11) is 1.63.